The summed E-state index contributed by atoms with van der Waals surface area (Å²) in [6.45, 7) is 1.31. The van der Waals surface area contributed by atoms with E-state index >= 15 is 0 Å². The minimum Gasteiger partial charge on any atom is -0.378 e. The number of nitrogens with zero attached hydrogens (tertiary/aromatic N) is 4. The number of hydrogen-bond acceptors (Lipinski definition) is 5. The van der Waals surface area contributed by atoms with Crippen molar-refractivity contribution >= 4 is 11.6 Å². The van der Waals surface area contributed by atoms with Gasteiger partial charge in [-0.25, -0.2) is 4.98 Å². The Balaban J connectivity index is 1.37. The summed E-state index contributed by atoms with van der Waals surface area (Å²) in [4.78, 5) is 42.2. The zero-order valence-corrected chi connectivity index (χ0v) is 19.1. The molecule has 1 aromatic carbocycles. The number of hydrogen-bond donors (Lipinski definition) is 1. The maximum absolute atomic E-state index is 13.1. The van der Waals surface area contributed by atoms with Crippen LogP contribution in [0.5, 0.6) is 0 Å². The first-order chi connectivity index (χ1) is 16.0. The molecule has 0 spiro atoms. The lowest BCUT2D eigenvalue weighted by atomic mass is 9.88. The number of likely N-dealkylation sites (tertiary alicyclic amines) is 1. The number of pyridine rings is 1. The third kappa shape index (κ3) is 4.40. The Morgan fingerprint density at radius 1 is 0.970 bits per heavy atom. The molecule has 0 bridgehead atoms. The van der Waals surface area contributed by atoms with Gasteiger partial charge in [-0.3, -0.25) is 14.6 Å². The first kappa shape index (κ1) is 21.4. The van der Waals surface area contributed by atoms with Crippen LogP contribution in [0.3, 0.4) is 0 Å². The fraction of sp³-hybridized carbons (Fsp3) is 0.385. The smallest absolute Gasteiger partial charge is 0.259 e. The van der Waals surface area contributed by atoms with Crippen molar-refractivity contribution in [2.24, 2.45) is 0 Å². The summed E-state index contributed by atoms with van der Waals surface area (Å²) in [5, 5.41) is 0. The van der Waals surface area contributed by atoms with Crippen LogP contribution in [-0.4, -0.2) is 52.9 Å². The van der Waals surface area contributed by atoms with E-state index < -0.39 is 0 Å². The number of H-pyrrole nitrogens is 1. The van der Waals surface area contributed by atoms with Crippen LogP contribution >= 0.6 is 0 Å². The quantitative estimate of drug-likeness (QED) is 0.649. The molecular weight excluding hydrogens is 414 g/mol. The summed E-state index contributed by atoms with van der Waals surface area (Å²) >= 11 is 0. The molecule has 7 nitrogen and oxygen atoms in total. The van der Waals surface area contributed by atoms with Crippen molar-refractivity contribution in [1.29, 1.82) is 0 Å². The second-order valence-electron chi connectivity index (χ2n) is 9.23. The van der Waals surface area contributed by atoms with Gasteiger partial charge in [0.25, 0.3) is 11.5 Å². The Morgan fingerprint density at radius 2 is 1.64 bits per heavy atom. The highest BCUT2D eigenvalue weighted by atomic mass is 16.2. The molecule has 0 radical (unpaired) electrons. The van der Waals surface area contributed by atoms with Gasteiger partial charge in [-0.2, -0.15) is 0 Å². The van der Waals surface area contributed by atoms with Gasteiger partial charge in [0.2, 0.25) is 0 Å². The Bertz CT molecular complexity index is 1190. The monoisotopic (exact) mass is 443 g/mol. The van der Waals surface area contributed by atoms with E-state index in [-0.39, 0.29) is 17.4 Å². The highest BCUT2D eigenvalue weighted by Gasteiger charge is 2.32. The Labute approximate surface area is 193 Å². The number of carbonyl (C=O) groups is 1. The van der Waals surface area contributed by atoms with E-state index in [1.807, 2.05) is 60.3 Å². The normalized spacial score (nSPS) is 16.6. The van der Waals surface area contributed by atoms with Crippen LogP contribution in [-0.2, 0) is 0 Å². The van der Waals surface area contributed by atoms with Gasteiger partial charge in [0, 0.05) is 62.7 Å². The zero-order valence-electron chi connectivity index (χ0n) is 19.1. The number of carbonyl (C=O) groups excluding carboxylic acids is 1. The second-order valence-corrected chi connectivity index (χ2v) is 9.23. The minimum absolute atomic E-state index is 0.0608. The molecule has 2 aliphatic rings. The molecule has 5 rings (SSSR count). The van der Waals surface area contributed by atoms with Gasteiger partial charge in [0.15, 0.2) is 0 Å². The standard InChI is InChI=1S/C26H29N5O2/c1-30(2)21-7-5-20(6-8-21)26(33)31-15-11-18(12-16-31)23-22(17-9-13-27-14-10-17)25(32)29-24(28-23)19-3-4-19/h5-10,13-14,18-19H,3-4,11-12,15-16H2,1-2H3,(H,28,29,32). The third-order valence-corrected chi connectivity index (χ3v) is 6.70. The molecule has 1 aliphatic carbocycles. The van der Waals surface area contributed by atoms with Gasteiger partial charge in [-0.05, 0) is 67.6 Å². The Kier molecular flexibility index (Phi) is 5.70. The molecule has 2 aromatic heterocycles. The maximum Gasteiger partial charge on any atom is 0.259 e. The maximum atomic E-state index is 13.1. The Morgan fingerprint density at radius 3 is 2.24 bits per heavy atom. The lowest BCUT2D eigenvalue weighted by Gasteiger charge is -2.32. The number of amides is 1. The van der Waals surface area contributed by atoms with Gasteiger partial charge in [-0.15, -0.1) is 0 Å². The first-order valence-electron chi connectivity index (χ1n) is 11.6. The fourth-order valence-electron chi connectivity index (χ4n) is 4.59. The number of benzene rings is 1. The molecule has 1 aliphatic heterocycles. The highest BCUT2D eigenvalue weighted by molar-refractivity contribution is 5.94. The summed E-state index contributed by atoms with van der Waals surface area (Å²) < 4.78 is 0. The molecule has 2 fully saturated rings. The van der Waals surface area contributed by atoms with Crippen LogP contribution in [0.15, 0.2) is 53.6 Å². The zero-order chi connectivity index (χ0) is 22.9. The number of anilines is 1. The average molecular weight is 444 g/mol. The van der Waals surface area contributed by atoms with Crippen molar-refractivity contribution in [2.75, 3.05) is 32.1 Å². The molecular formula is C26H29N5O2. The van der Waals surface area contributed by atoms with Gasteiger partial charge in [0.05, 0.1) is 11.3 Å². The largest absolute Gasteiger partial charge is 0.378 e. The molecule has 0 atom stereocenters. The molecule has 170 valence electrons. The number of nitrogens with one attached hydrogen (secondary N) is 1. The summed E-state index contributed by atoms with van der Waals surface area (Å²) in [6.07, 6.45) is 7.15. The molecule has 1 amide bonds. The van der Waals surface area contributed by atoms with Crippen LogP contribution in [0.4, 0.5) is 5.69 Å². The summed E-state index contributed by atoms with van der Waals surface area (Å²) in [7, 11) is 3.97. The number of piperidine rings is 1. The van der Waals surface area contributed by atoms with Gasteiger partial charge in [0.1, 0.15) is 5.82 Å². The Hall–Kier alpha value is -3.48. The molecule has 7 heteroatoms. The van der Waals surface area contributed by atoms with Gasteiger partial charge in [-0.1, -0.05) is 0 Å². The number of aromatic nitrogens is 3. The third-order valence-electron chi connectivity index (χ3n) is 6.70. The van der Waals surface area contributed by atoms with Crippen LogP contribution in [0.2, 0.25) is 0 Å². The number of aromatic amines is 1. The van der Waals surface area contributed by atoms with Crippen LogP contribution in [0.1, 0.15) is 59.4 Å². The van der Waals surface area contributed by atoms with E-state index in [1.165, 1.54) is 0 Å². The minimum atomic E-state index is -0.0763. The first-order valence-corrected chi connectivity index (χ1v) is 11.6. The molecule has 3 aromatic rings. The molecule has 1 saturated carbocycles. The lowest BCUT2D eigenvalue weighted by Crippen LogP contribution is -2.38. The van der Waals surface area contributed by atoms with E-state index in [0.717, 1.165) is 48.5 Å². The topological polar surface area (TPSA) is 82.2 Å². The van der Waals surface area contributed by atoms with Crippen molar-refractivity contribution in [1.82, 2.24) is 19.9 Å². The summed E-state index contributed by atoms with van der Waals surface area (Å²) in [5.74, 6) is 1.39. The van der Waals surface area contributed by atoms with Crippen molar-refractivity contribution in [3.63, 3.8) is 0 Å². The van der Waals surface area contributed by atoms with Gasteiger partial charge >= 0.3 is 0 Å². The van der Waals surface area contributed by atoms with Crippen molar-refractivity contribution in [2.45, 2.75) is 37.5 Å². The molecule has 1 saturated heterocycles. The molecule has 1 N–H and O–H groups in total. The van der Waals surface area contributed by atoms with E-state index in [1.54, 1.807) is 12.4 Å². The van der Waals surface area contributed by atoms with Crippen LogP contribution < -0.4 is 10.5 Å². The van der Waals surface area contributed by atoms with Crippen LogP contribution in [0, 0.1) is 0 Å². The van der Waals surface area contributed by atoms with E-state index in [9.17, 15) is 9.59 Å². The average Bonchev–Trinajstić information content (AvgIpc) is 3.69. The van der Waals surface area contributed by atoms with E-state index in [4.69, 9.17) is 4.98 Å². The van der Waals surface area contributed by atoms with Crippen molar-refractivity contribution < 1.29 is 4.79 Å². The van der Waals surface area contributed by atoms with E-state index in [0.29, 0.717) is 30.1 Å². The summed E-state index contributed by atoms with van der Waals surface area (Å²) in [6, 6.07) is 11.5. The lowest BCUT2D eigenvalue weighted by molar-refractivity contribution is 0.0712. The van der Waals surface area contributed by atoms with Gasteiger partial charge < -0.3 is 14.8 Å². The molecule has 33 heavy (non-hydrogen) atoms. The summed E-state index contributed by atoms with van der Waals surface area (Å²) in [5.41, 5.74) is 4.06. The SMILES string of the molecule is CN(C)c1ccc(C(=O)N2CCC(c3nc(C4CC4)[nH]c(=O)c3-c3ccncc3)CC2)cc1. The second kappa shape index (κ2) is 8.81. The highest BCUT2D eigenvalue weighted by Crippen LogP contribution is 2.40. The molecule has 3 heterocycles. The van der Waals surface area contributed by atoms with Crippen LogP contribution in [0.25, 0.3) is 11.1 Å². The van der Waals surface area contributed by atoms with E-state index in [2.05, 4.69) is 9.97 Å². The number of rotatable bonds is 5. The van der Waals surface area contributed by atoms with Crippen molar-refractivity contribution in [3.8, 4) is 11.1 Å². The predicted molar refractivity (Wildman–Crippen MR) is 129 cm³/mol. The molecule has 0 unspecified atom stereocenters. The predicted octanol–water partition coefficient (Wildman–Crippen LogP) is 3.80. The van der Waals surface area contributed by atoms with Crippen molar-refractivity contribution in [3.05, 3.63) is 76.2 Å². The fourth-order valence-corrected chi connectivity index (χ4v) is 4.59.